The van der Waals surface area contributed by atoms with Crippen molar-refractivity contribution in [1.82, 2.24) is 4.90 Å². The van der Waals surface area contributed by atoms with Gasteiger partial charge >= 0.3 is 0 Å². The molecule has 214 valence electrons. The van der Waals surface area contributed by atoms with E-state index in [0.29, 0.717) is 22.6 Å². The fourth-order valence-electron chi connectivity index (χ4n) is 7.21. The maximum absolute atomic E-state index is 14.8. The lowest BCUT2D eigenvalue weighted by Gasteiger charge is -2.38. The summed E-state index contributed by atoms with van der Waals surface area (Å²) in [6.45, 7) is 5.86. The summed E-state index contributed by atoms with van der Waals surface area (Å²) < 4.78 is 5.82. The molecule has 4 aromatic carbocycles. The molecule has 1 N–H and O–H groups in total. The molecule has 43 heavy (non-hydrogen) atoms. The van der Waals surface area contributed by atoms with E-state index in [0.717, 1.165) is 22.3 Å². The Balaban J connectivity index is 1.47. The van der Waals surface area contributed by atoms with E-state index in [-0.39, 0.29) is 23.6 Å². The zero-order valence-corrected chi connectivity index (χ0v) is 24.3. The predicted octanol–water partition coefficient (Wildman–Crippen LogP) is 6.76. The molecule has 0 radical (unpaired) electrons. The number of rotatable bonds is 6. The molecular weight excluding hydrogens is 536 g/mol. The highest BCUT2D eigenvalue weighted by molar-refractivity contribution is 6.16. The van der Waals surface area contributed by atoms with Crippen LogP contribution < -0.4 is 10.1 Å². The van der Waals surface area contributed by atoms with E-state index in [1.165, 1.54) is 0 Å². The zero-order chi connectivity index (χ0) is 29.9. The summed E-state index contributed by atoms with van der Waals surface area (Å²) in [6, 6.07) is 28.4. The van der Waals surface area contributed by atoms with Crippen LogP contribution in [-0.2, 0) is 10.2 Å². The van der Waals surface area contributed by atoms with Crippen molar-refractivity contribution in [2.75, 3.05) is 5.32 Å². The first-order valence-electron chi connectivity index (χ1n) is 14.7. The molecule has 0 bridgehead atoms. The number of carbonyl (C=O) groups is 3. The molecule has 0 unspecified atom stereocenters. The molecule has 0 saturated carbocycles. The van der Waals surface area contributed by atoms with Crippen LogP contribution in [0.15, 0.2) is 103 Å². The number of anilines is 1. The van der Waals surface area contributed by atoms with Gasteiger partial charge in [-0.2, -0.15) is 0 Å². The quantitative estimate of drug-likeness (QED) is 0.260. The van der Waals surface area contributed by atoms with Crippen LogP contribution in [0.2, 0.25) is 0 Å². The number of ether oxygens (including phenoxy) is 1. The van der Waals surface area contributed by atoms with Gasteiger partial charge in [-0.25, -0.2) is 0 Å². The normalized spacial score (nSPS) is 23.1. The van der Waals surface area contributed by atoms with Crippen molar-refractivity contribution < 1.29 is 19.1 Å². The first-order chi connectivity index (χ1) is 20.8. The van der Waals surface area contributed by atoms with Gasteiger partial charge in [-0.15, -0.1) is 0 Å². The lowest BCUT2D eigenvalue weighted by Crippen LogP contribution is -2.49. The third-order valence-corrected chi connectivity index (χ3v) is 8.97. The van der Waals surface area contributed by atoms with Crippen LogP contribution in [0.4, 0.5) is 5.69 Å². The molecule has 4 atom stereocenters. The number of amides is 1. The number of hydrogen-bond acceptors (Lipinski definition) is 5. The van der Waals surface area contributed by atoms with Crippen LogP contribution in [0.3, 0.4) is 0 Å². The number of ketones is 2. The van der Waals surface area contributed by atoms with Gasteiger partial charge in [0, 0.05) is 23.0 Å². The molecule has 3 aliphatic heterocycles. The first kappa shape index (κ1) is 26.9. The second kappa shape index (κ2) is 10.1. The largest absolute Gasteiger partial charge is 0.491 e. The molecule has 1 fully saturated rings. The molecule has 3 aliphatic rings. The van der Waals surface area contributed by atoms with E-state index >= 15 is 0 Å². The third kappa shape index (κ3) is 4.04. The van der Waals surface area contributed by atoms with Gasteiger partial charge in [0.25, 0.3) is 0 Å². The van der Waals surface area contributed by atoms with Gasteiger partial charge in [-0.3, -0.25) is 14.4 Å². The number of nitrogens with zero attached hydrogens (tertiary/aromatic N) is 1. The van der Waals surface area contributed by atoms with Gasteiger partial charge in [0.05, 0.1) is 18.1 Å². The Morgan fingerprint density at radius 3 is 2.23 bits per heavy atom. The van der Waals surface area contributed by atoms with Crippen molar-refractivity contribution in [3.63, 3.8) is 0 Å². The van der Waals surface area contributed by atoms with E-state index in [4.69, 9.17) is 4.74 Å². The highest BCUT2D eigenvalue weighted by Crippen LogP contribution is 2.62. The number of para-hydroxylation sites is 1. The Hall–Kier alpha value is -4.97. The molecule has 1 saturated heterocycles. The van der Waals surface area contributed by atoms with E-state index in [1.807, 2.05) is 98.6 Å². The Labute approximate surface area is 251 Å². The second-order valence-electron chi connectivity index (χ2n) is 11.9. The summed E-state index contributed by atoms with van der Waals surface area (Å²) in [4.78, 5) is 46.0. The van der Waals surface area contributed by atoms with Crippen LogP contribution in [-0.4, -0.2) is 34.5 Å². The SMILES string of the molecule is Cc1ccc(C(=O)[C@@H]2[C@@H](C(=O)c3ccc(OC(C)C)cc3)N3C=Cc4ccccc4[C@@H]3[C@]23C(=O)Nc2ccccc23)cc1. The third-order valence-electron chi connectivity index (χ3n) is 8.97. The average Bonchev–Trinajstić information content (AvgIpc) is 3.49. The Kier molecular flexibility index (Phi) is 6.31. The molecule has 7 rings (SSSR count). The number of carbonyl (C=O) groups excluding carboxylic acids is 3. The van der Waals surface area contributed by atoms with Gasteiger partial charge < -0.3 is 15.0 Å². The number of benzene rings is 4. The Bertz CT molecular complexity index is 1790. The number of nitrogens with one attached hydrogen (secondary N) is 1. The van der Waals surface area contributed by atoms with Crippen molar-refractivity contribution in [2.45, 2.75) is 44.4 Å². The summed E-state index contributed by atoms with van der Waals surface area (Å²) >= 11 is 0. The van der Waals surface area contributed by atoms with Crippen molar-refractivity contribution >= 4 is 29.2 Å². The Morgan fingerprint density at radius 1 is 0.837 bits per heavy atom. The van der Waals surface area contributed by atoms with Gasteiger partial charge in [0.1, 0.15) is 17.2 Å². The molecule has 0 aromatic heterocycles. The summed E-state index contributed by atoms with van der Waals surface area (Å²) in [5, 5.41) is 3.09. The van der Waals surface area contributed by atoms with Crippen molar-refractivity contribution in [2.24, 2.45) is 5.92 Å². The maximum atomic E-state index is 14.8. The minimum atomic E-state index is -1.35. The number of aryl methyl sites for hydroxylation is 1. The van der Waals surface area contributed by atoms with E-state index in [2.05, 4.69) is 5.32 Å². The summed E-state index contributed by atoms with van der Waals surface area (Å²) in [5.41, 5.74) is 3.89. The number of hydrogen-bond donors (Lipinski definition) is 1. The van der Waals surface area contributed by atoms with Gasteiger partial charge in [0.2, 0.25) is 5.91 Å². The first-order valence-corrected chi connectivity index (χ1v) is 14.7. The summed E-state index contributed by atoms with van der Waals surface area (Å²) in [5.74, 6) is -1.06. The standard InChI is InChI=1S/C37H32N2O4/c1-22(2)43-27-18-16-26(17-19-27)34(41)32-31(33(40)25-14-12-23(3)13-15-25)37(29-10-6-7-11-30(29)38-36(37)42)35-28-9-5-4-8-24(28)20-21-39(32)35/h4-22,31-32,35H,1-3H3,(H,38,42)/t31-,32-,35+,37+/m0/s1. The van der Waals surface area contributed by atoms with Gasteiger partial charge in [-0.1, -0.05) is 72.3 Å². The van der Waals surface area contributed by atoms with E-state index in [9.17, 15) is 14.4 Å². The zero-order valence-electron chi connectivity index (χ0n) is 24.3. The van der Waals surface area contributed by atoms with E-state index in [1.54, 1.807) is 36.4 Å². The number of fused-ring (bicyclic) bond motifs is 6. The summed E-state index contributed by atoms with van der Waals surface area (Å²) in [6.07, 6.45) is 3.86. The molecule has 4 aromatic rings. The molecule has 6 heteroatoms. The Morgan fingerprint density at radius 2 is 1.49 bits per heavy atom. The highest BCUT2D eigenvalue weighted by atomic mass is 16.5. The smallest absolute Gasteiger partial charge is 0.238 e. The fourth-order valence-corrected chi connectivity index (χ4v) is 7.21. The minimum absolute atomic E-state index is 0.00647. The molecule has 1 spiro atoms. The van der Waals surface area contributed by atoms with Crippen molar-refractivity contribution in [3.05, 3.63) is 137 Å². The van der Waals surface area contributed by atoms with E-state index < -0.39 is 23.4 Å². The van der Waals surface area contributed by atoms with Crippen LogP contribution in [0, 0.1) is 12.8 Å². The molecule has 6 nitrogen and oxygen atoms in total. The fraction of sp³-hybridized carbons (Fsp3) is 0.216. The average molecular weight is 569 g/mol. The monoisotopic (exact) mass is 568 g/mol. The topological polar surface area (TPSA) is 75.7 Å². The van der Waals surface area contributed by atoms with Gasteiger partial charge in [0.15, 0.2) is 11.6 Å². The van der Waals surface area contributed by atoms with Gasteiger partial charge in [-0.05, 0) is 73.9 Å². The molecular formula is C37H32N2O4. The predicted molar refractivity (Wildman–Crippen MR) is 166 cm³/mol. The molecule has 0 aliphatic carbocycles. The van der Waals surface area contributed by atoms with Crippen molar-refractivity contribution in [3.8, 4) is 5.75 Å². The lowest BCUT2D eigenvalue weighted by molar-refractivity contribution is -0.122. The summed E-state index contributed by atoms with van der Waals surface area (Å²) in [7, 11) is 0. The lowest BCUT2D eigenvalue weighted by atomic mass is 9.62. The molecule has 1 amide bonds. The minimum Gasteiger partial charge on any atom is -0.491 e. The van der Waals surface area contributed by atoms with Crippen LogP contribution in [0.1, 0.15) is 62.9 Å². The highest BCUT2D eigenvalue weighted by Gasteiger charge is 2.70. The maximum Gasteiger partial charge on any atom is 0.238 e. The molecule has 3 heterocycles. The van der Waals surface area contributed by atoms with Crippen molar-refractivity contribution in [1.29, 1.82) is 0 Å². The van der Waals surface area contributed by atoms with Crippen LogP contribution >= 0.6 is 0 Å². The van der Waals surface area contributed by atoms with Crippen LogP contribution in [0.25, 0.3) is 6.08 Å². The van der Waals surface area contributed by atoms with Crippen LogP contribution in [0.5, 0.6) is 5.75 Å². The second-order valence-corrected chi connectivity index (χ2v) is 11.9. The number of Topliss-reactive ketones (excluding diaryl/α,β-unsaturated/α-hetero) is 2.